The molecular formula is C15H20FNO. The van der Waals surface area contributed by atoms with Gasteiger partial charge in [-0.3, -0.25) is 4.79 Å². The van der Waals surface area contributed by atoms with Crippen molar-refractivity contribution in [3.63, 3.8) is 0 Å². The first kappa shape index (κ1) is 13.2. The summed E-state index contributed by atoms with van der Waals surface area (Å²) in [4.78, 5) is 13.7. The van der Waals surface area contributed by atoms with E-state index in [1.165, 1.54) is 12.1 Å². The largest absolute Gasteiger partial charge is 0.302 e. The fourth-order valence-electron chi connectivity index (χ4n) is 2.55. The summed E-state index contributed by atoms with van der Waals surface area (Å²) in [5, 5.41) is 0. The normalized spacial score (nSPS) is 19.7. The standard InChI is InChI=1S/C15H20FNO/c1-17(10-9-13-3-2-4-15(13)18)11-12-5-7-14(16)8-6-12/h5-8,13H,2-4,9-11H2,1H3. The van der Waals surface area contributed by atoms with Crippen LogP contribution in [0.15, 0.2) is 24.3 Å². The van der Waals surface area contributed by atoms with Gasteiger partial charge in [0.1, 0.15) is 11.6 Å². The van der Waals surface area contributed by atoms with Gasteiger partial charge in [0.2, 0.25) is 0 Å². The van der Waals surface area contributed by atoms with Crippen molar-refractivity contribution in [1.82, 2.24) is 4.90 Å². The van der Waals surface area contributed by atoms with Crippen molar-refractivity contribution >= 4 is 5.78 Å². The summed E-state index contributed by atoms with van der Waals surface area (Å²) in [6.45, 7) is 1.73. The monoisotopic (exact) mass is 249 g/mol. The van der Waals surface area contributed by atoms with E-state index in [0.717, 1.165) is 44.3 Å². The first-order valence-electron chi connectivity index (χ1n) is 6.61. The SMILES string of the molecule is CN(CCC1CCCC1=O)Cc1ccc(F)cc1. The molecule has 0 aliphatic heterocycles. The van der Waals surface area contributed by atoms with Gasteiger partial charge in [-0.15, -0.1) is 0 Å². The van der Waals surface area contributed by atoms with Gasteiger partial charge in [0.25, 0.3) is 0 Å². The average Bonchev–Trinajstić information content (AvgIpc) is 2.75. The van der Waals surface area contributed by atoms with Crippen LogP contribution in [0.2, 0.25) is 0 Å². The highest BCUT2D eigenvalue weighted by Gasteiger charge is 2.23. The number of carbonyl (C=O) groups is 1. The Morgan fingerprint density at radius 2 is 2.06 bits per heavy atom. The molecule has 1 saturated carbocycles. The molecule has 1 unspecified atom stereocenters. The number of Topliss-reactive ketones (excluding diaryl/α,β-unsaturated/α-hetero) is 1. The van der Waals surface area contributed by atoms with E-state index >= 15 is 0 Å². The third kappa shape index (κ3) is 3.64. The molecule has 2 nitrogen and oxygen atoms in total. The average molecular weight is 249 g/mol. The molecule has 0 aromatic heterocycles. The summed E-state index contributed by atoms with van der Waals surface area (Å²) in [7, 11) is 2.04. The lowest BCUT2D eigenvalue weighted by molar-refractivity contribution is -0.120. The van der Waals surface area contributed by atoms with Gasteiger partial charge in [-0.05, 0) is 50.6 Å². The van der Waals surface area contributed by atoms with Crippen LogP contribution in [0.5, 0.6) is 0 Å². The maximum atomic E-state index is 12.8. The van der Waals surface area contributed by atoms with E-state index in [-0.39, 0.29) is 11.7 Å². The van der Waals surface area contributed by atoms with Crippen LogP contribution >= 0.6 is 0 Å². The third-order valence-electron chi connectivity index (χ3n) is 3.66. The Hall–Kier alpha value is -1.22. The van der Waals surface area contributed by atoms with Crippen LogP contribution in [0, 0.1) is 11.7 Å². The molecule has 0 spiro atoms. The van der Waals surface area contributed by atoms with Crippen molar-refractivity contribution in [1.29, 1.82) is 0 Å². The number of carbonyl (C=O) groups excluding carboxylic acids is 1. The second-order valence-corrected chi connectivity index (χ2v) is 5.21. The molecule has 1 aromatic rings. The van der Waals surface area contributed by atoms with Crippen molar-refractivity contribution in [2.45, 2.75) is 32.2 Å². The van der Waals surface area contributed by atoms with Gasteiger partial charge in [-0.1, -0.05) is 12.1 Å². The molecule has 1 aliphatic rings. The molecule has 1 atom stereocenters. The summed E-state index contributed by atoms with van der Waals surface area (Å²) < 4.78 is 12.8. The minimum absolute atomic E-state index is 0.196. The number of ketones is 1. The maximum Gasteiger partial charge on any atom is 0.136 e. The molecule has 18 heavy (non-hydrogen) atoms. The summed E-state index contributed by atoms with van der Waals surface area (Å²) in [5.41, 5.74) is 1.11. The Morgan fingerprint density at radius 1 is 1.33 bits per heavy atom. The lowest BCUT2D eigenvalue weighted by Crippen LogP contribution is -2.22. The molecule has 2 rings (SSSR count). The number of rotatable bonds is 5. The Kier molecular flexibility index (Phi) is 4.48. The van der Waals surface area contributed by atoms with Crippen LogP contribution in [0.4, 0.5) is 4.39 Å². The van der Waals surface area contributed by atoms with Crippen LogP contribution in [-0.4, -0.2) is 24.3 Å². The van der Waals surface area contributed by atoms with Gasteiger partial charge < -0.3 is 4.90 Å². The second-order valence-electron chi connectivity index (χ2n) is 5.21. The molecule has 0 saturated heterocycles. The van der Waals surface area contributed by atoms with Gasteiger partial charge in [-0.2, -0.15) is 0 Å². The Labute approximate surface area is 108 Å². The first-order chi connectivity index (χ1) is 8.65. The quantitative estimate of drug-likeness (QED) is 0.799. The molecular weight excluding hydrogens is 229 g/mol. The second kappa shape index (κ2) is 6.10. The Balaban J connectivity index is 1.76. The Bertz CT molecular complexity index is 401. The van der Waals surface area contributed by atoms with E-state index in [1.807, 2.05) is 19.2 Å². The highest BCUT2D eigenvalue weighted by atomic mass is 19.1. The minimum Gasteiger partial charge on any atom is -0.302 e. The smallest absolute Gasteiger partial charge is 0.136 e. The van der Waals surface area contributed by atoms with Gasteiger partial charge in [-0.25, -0.2) is 4.39 Å². The van der Waals surface area contributed by atoms with Crippen LogP contribution in [0.3, 0.4) is 0 Å². The van der Waals surface area contributed by atoms with E-state index in [9.17, 15) is 9.18 Å². The van der Waals surface area contributed by atoms with Crippen LogP contribution in [0.25, 0.3) is 0 Å². The molecule has 1 aromatic carbocycles. The number of hydrogen-bond acceptors (Lipinski definition) is 2. The van der Waals surface area contributed by atoms with Crippen LogP contribution in [-0.2, 0) is 11.3 Å². The molecule has 0 heterocycles. The summed E-state index contributed by atoms with van der Waals surface area (Å²) in [6, 6.07) is 6.60. The number of hydrogen-bond donors (Lipinski definition) is 0. The van der Waals surface area contributed by atoms with Crippen molar-refractivity contribution in [2.75, 3.05) is 13.6 Å². The maximum absolute atomic E-state index is 12.8. The van der Waals surface area contributed by atoms with Crippen LogP contribution in [0.1, 0.15) is 31.2 Å². The van der Waals surface area contributed by atoms with E-state index in [1.54, 1.807) is 0 Å². The van der Waals surface area contributed by atoms with Gasteiger partial charge in [0, 0.05) is 18.9 Å². The van der Waals surface area contributed by atoms with Gasteiger partial charge in [0.15, 0.2) is 0 Å². The van der Waals surface area contributed by atoms with Gasteiger partial charge in [0.05, 0.1) is 0 Å². The predicted octanol–water partition coefficient (Wildman–Crippen LogP) is 3.02. The van der Waals surface area contributed by atoms with E-state index in [2.05, 4.69) is 4.90 Å². The number of halogens is 1. The third-order valence-corrected chi connectivity index (χ3v) is 3.66. The molecule has 3 heteroatoms. The molecule has 1 aliphatic carbocycles. The zero-order chi connectivity index (χ0) is 13.0. The van der Waals surface area contributed by atoms with Crippen molar-refractivity contribution in [3.05, 3.63) is 35.6 Å². The molecule has 0 bridgehead atoms. The van der Waals surface area contributed by atoms with E-state index < -0.39 is 0 Å². The number of nitrogens with zero attached hydrogens (tertiary/aromatic N) is 1. The van der Waals surface area contributed by atoms with Crippen LogP contribution < -0.4 is 0 Å². The summed E-state index contributed by atoms with van der Waals surface area (Å²) in [6.07, 6.45) is 3.84. The van der Waals surface area contributed by atoms with Crippen molar-refractivity contribution < 1.29 is 9.18 Å². The van der Waals surface area contributed by atoms with Crippen molar-refractivity contribution in [2.24, 2.45) is 5.92 Å². The lowest BCUT2D eigenvalue weighted by atomic mass is 10.0. The fourth-order valence-corrected chi connectivity index (χ4v) is 2.55. The van der Waals surface area contributed by atoms with E-state index in [4.69, 9.17) is 0 Å². The van der Waals surface area contributed by atoms with Gasteiger partial charge >= 0.3 is 0 Å². The Morgan fingerprint density at radius 3 is 2.67 bits per heavy atom. The van der Waals surface area contributed by atoms with E-state index in [0.29, 0.717) is 5.78 Å². The first-order valence-corrected chi connectivity index (χ1v) is 6.61. The summed E-state index contributed by atoms with van der Waals surface area (Å²) >= 11 is 0. The lowest BCUT2D eigenvalue weighted by Gasteiger charge is -2.18. The zero-order valence-electron chi connectivity index (χ0n) is 10.9. The molecule has 0 radical (unpaired) electrons. The zero-order valence-corrected chi connectivity index (χ0v) is 10.9. The molecule has 1 fully saturated rings. The topological polar surface area (TPSA) is 20.3 Å². The predicted molar refractivity (Wildman–Crippen MR) is 69.7 cm³/mol. The molecule has 0 N–H and O–H groups in total. The minimum atomic E-state index is -0.196. The summed E-state index contributed by atoms with van der Waals surface area (Å²) in [5.74, 6) is 0.517. The number of benzene rings is 1. The fraction of sp³-hybridized carbons (Fsp3) is 0.533. The van der Waals surface area contributed by atoms with Crippen molar-refractivity contribution in [3.8, 4) is 0 Å². The highest BCUT2D eigenvalue weighted by Crippen LogP contribution is 2.24. The molecule has 0 amide bonds. The molecule has 98 valence electrons. The highest BCUT2D eigenvalue weighted by molar-refractivity contribution is 5.82.